The van der Waals surface area contributed by atoms with Crippen LogP contribution in [-0.4, -0.2) is 96.7 Å². The summed E-state index contributed by atoms with van der Waals surface area (Å²) in [5, 5.41) is 10.6. The predicted molar refractivity (Wildman–Crippen MR) is 408 cm³/mol. The first-order chi connectivity index (χ1) is 48.7. The van der Waals surface area contributed by atoms with Crippen molar-refractivity contribution in [3.05, 3.63) is 122 Å². The van der Waals surface area contributed by atoms with E-state index in [1.54, 1.807) is 0 Å². The van der Waals surface area contributed by atoms with E-state index in [0.29, 0.717) is 25.7 Å². The van der Waals surface area contributed by atoms with Crippen LogP contribution >= 0.6 is 15.6 Å². The number of rotatable bonds is 72. The SMILES string of the molecule is CC/C=C\C/C=C\C/C=C\C/C=C\C/C=C\CCCCCC(=O)OCC(COP(=O)(O)OCC(O)COP(=O)(O)OCC(COC(=O)CCCCCCC/C=C\C/C=C\C/C=C\CC)OC(=O)CCCCCCCCCCCCC)OC(=O)CCCCCCC/C=C\C/C=C\CCCCC. The molecule has 100 heavy (non-hydrogen) atoms. The van der Waals surface area contributed by atoms with Gasteiger partial charge in [0.25, 0.3) is 0 Å². The molecule has 0 bridgehead atoms. The van der Waals surface area contributed by atoms with Crippen LogP contribution in [0.25, 0.3) is 0 Å². The third-order valence-electron chi connectivity index (χ3n) is 15.9. The summed E-state index contributed by atoms with van der Waals surface area (Å²) in [7, 11) is -9.97. The fourth-order valence-electron chi connectivity index (χ4n) is 10.1. The van der Waals surface area contributed by atoms with Crippen LogP contribution in [0.15, 0.2) is 122 Å². The normalized spacial score (nSPS) is 14.6. The van der Waals surface area contributed by atoms with Crippen LogP contribution in [0.5, 0.6) is 0 Å². The molecule has 5 atom stereocenters. The maximum Gasteiger partial charge on any atom is 0.472 e. The van der Waals surface area contributed by atoms with Gasteiger partial charge in [0.05, 0.1) is 26.4 Å². The first-order valence-electron chi connectivity index (χ1n) is 38.8. The Labute approximate surface area is 606 Å². The van der Waals surface area contributed by atoms with Gasteiger partial charge < -0.3 is 33.8 Å². The van der Waals surface area contributed by atoms with E-state index in [-0.39, 0.29) is 25.7 Å². The van der Waals surface area contributed by atoms with E-state index in [1.807, 2.05) is 0 Å². The van der Waals surface area contributed by atoms with Gasteiger partial charge in [0.2, 0.25) is 0 Å². The summed E-state index contributed by atoms with van der Waals surface area (Å²) in [6, 6.07) is 0. The lowest BCUT2D eigenvalue weighted by Crippen LogP contribution is -2.30. The highest BCUT2D eigenvalue weighted by molar-refractivity contribution is 7.47. The van der Waals surface area contributed by atoms with Crippen LogP contribution in [0.1, 0.15) is 310 Å². The smallest absolute Gasteiger partial charge is 0.462 e. The first kappa shape index (κ1) is 95.5. The first-order valence-corrected chi connectivity index (χ1v) is 41.8. The Morgan fingerprint density at radius 3 is 0.830 bits per heavy atom. The lowest BCUT2D eigenvalue weighted by molar-refractivity contribution is -0.161. The summed E-state index contributed by atoms with van der Waals surface area (Å²) in [6.45, 7) is 4.55. The fraction of sp³-hybridized carbons (Fsp3) is 0.704. The number of esters is 4. The van der Waals surface area contributed by atoms with Crippen molar-refractivity contribution >= 4 is 39.5 Å². The number of aliphatic hydroxyl groups excluding tert-OH is 1. The van der Waals surface area contributed by atoms with Gasteiger partial charge in [-0.3, -0.25) is 37.3 Å². The molecule has 0 rings (SSSR count). The van der Waals surface area contributed by atoms with Gasteiger partial charge in [-0.2, -0.15) is 0 Å². The number of unbranched alkanes of at least 4 members (excludes halogenated alkanes) is 26. The Bertz CT molecular complexity index is 2370. The Morgan fingerprint density at radius 2 is 0.520 bits per heavy atom. The molecule has 0 heterocycles. The Balaban J connectivity index is 5.38. The number of carbonyl (C=O) groups excluding carboxylic acids is 4. The van der Waals surface area contributed by atoms with Crippen molar-refractivity contribution in [1.29, 1.82) is 0 Å². The zero-order valence-electron chi connectivity index (χ0n) is 62.6. The molecule has 0 radical (unpaired) electrons. The van der Waals surface area contributed by atoms with E-state index in [0.717, 1.165) is 173 Å². The van der Waals surface area contributed by atoms with Gasteiger partial charge >= 0.3 is 39.5 Å². The topological polar surface area (TPSA) is 237 Å². The summed E-state index contributed by atoms with van der Waals surface area (Å²) in [5.41, 5.74) is 0. The summed E-state index contributed by atoms with van der Waals surface area (Å²) >= 11 is 0. The second kappa shape index (κ2) is 72.8. The van der Waals surface area contributed by atoms with Crippen LogP contribution in [0.4, 0.5) is 0 Å². The minimum atomic E-state index is -4.99. The number of phosphoric acid groups is 2. The molecular formula is C81H138O17P2. The van der Waals surface area contributed by atoms with E-state index in [1.165, 1.54) is 57.8 Å². The van der Waals surface area contributed by atoms with Crippen molar-refractivity contribution in [2.24, 2.45) is 0 Å². The zero-order chi connectivity index (χ0) is 73.2. The number of aliphatic hydroxyl groups is 1. The van der Waals surface area contributed by atoms with Crippen molar-refractivity contribution in [3.63, 3.8) is 0 Å². The van der Waals surface area contributed by atoms with Crippen molar-refractivity contribution in [3.8, 4) is 0 Å². The summed E-state index contributed by atoms with van der Waals surface area (Å²) in [5.74, 6) is -2.24. The number of allylic oxidation sites excluding steroid dienone is 20. The molecule has 0 aromatic carbocycles. The molecule has 5 unspecified atom stereocenters. The molecule has 17 nitrogen and oxygen atoms in total. The highest BCUT2D eigenvalue weighted by Crippen LogP contribution is 2.45. The summed E-state index contributed by atoms with van der Waals surface area (Å²) < 4.78 is 68.4. The second-order valence-electron chi connectivity index (χ2n) is 25.5. The molecule has 19 heteroatoms. The molecule has 3 N–H and O–H groups in total. The Hall–Kier alpha value is -4.54. The molecule has 0 fully saturated rings. The van der Waals surface area contributed by atoms with Crippen LogP contribution in [0.3, 0.4) is 0 Å². The lowest BCUT2D eigenvalue weighted by atomic mass is 10.1. The van der Waals surface area contributed by atoms with Gasteiger partial charge in [-0.1, -0.05) is 271 Å². The van der Waals surface area contributed by atoms with Gasteiger partial charge in [0.1, 0.15) is 19.3 Å². The van der Waals surface area contributed by atoms with E-state index in [4.69, 9.17) is 37.0 Å². The van der Waals surface area contributed by atoms with Gasteiger partial charge in [-0.15, -0.1) is 0 Å². The molecule has 0 aliphatic heterocycles. The van der Waals surface area contributed by atoms with E-state index >= 15 is 0 Å². The molecule has 574 valence electrons. The molecule has 0 amide bonds. The molecule has 0 saturated carbocycles. The van der Waals surface area contributed by atoms with Crippen LogP contribution in [0, 0.1) is 0 Å². The molecule has 0 aromatic heterocycles. The standard InChI is InChI=1S/C81H138O17P2/c1-5-9-13-17-21-25-29-32-35-36-37-38-41-43-47-50-54-58-62-66-79(84)92-72-77(98-81(86)68-64-60-56-52-48-44-40-34-31-27-23-19-15-11-7-3)74-96-100(89,90)94-70-75(82)69-93-99(87,88)95-73-76(97-80(85)67-63-59-55-51-45-28-24-20-16-12-8-4)71-91-78(83)65-61-57-53-49-46-42-39-33-30-26-22-18-14-10-6-2/h9-10,13-14,21-23,25-27,32-35,37-40,43,47,75-77,82H,5-8,11-12,15-20,24,28-31,36,41-42,44-46,48-74H2,1-4H3,(H,87,88)(H,89,90)/b13-9-,14-10-,25-21-,26-22-,27-23-,35-32-,38-37-,39-33-,40-34-,47-43-. The van der Waals surface area contributed by atoms with Crippen molar-refractivity contribution < 1.29 is 80.2 Å². The van der Waals surface area contributed by atoms with Crippen LogP contribution in [-0.2, 0) is 65.4 Å². The van der Waals surface area contributed by atoms with Crippen molar-refractivity contribution in [1.82, 2.24) is 0 Å². The monoisotopic (exact) mass is 1440 g/mol. The number of ether oxygens (including phenoxy) is 4. The summed E-state index contributed by atoms with van der Waals surface area (Å²) in [6.07, 6.45) is 79.0. The van der Waals surface area contributed by atoms with E-state index in [2.05, 4.69) is 149 Å². The van der Waals surface area contributed by atoms with Gasteiger partial charge in [0.15, 0.2) is 12.2 Å². The number of carbonyl (C=O) groups is 4. The van der Waals surface area contributed by atoms with Crippen molar-refractivity contribution in [2.45, 2.75) is 329 Å². The predicted octanol–water partition coefficient (Wildman–Crippen LogP) is 22.3. The molecule has 0 aliphatic rings. The van der Waals surface area contributed by atoms with Gasteiger partial charge in [0, 0.05) is 25.7 Å². The molecule has 0 aromatic rings. The molecule has 0 saturated heterocycles. The minimum Gasteiger partial charge on any atom is -0.462 e. The average Bonchev–Trinajstić information content (AvgIpc) is 0.985. The van der Waals surface area contributed by atoms with Crippen LogP contribution < -0.4 is 0 Å². The summed E-state index contributed by atoms with van der Waals surface area (Å²) in [4.78, 5) is 72.9. The molecule has 0 aliphatic carbocycles. The van der Waals surface area contributed by atoms with Crippen LogP contribution in [0.2, 0.25) is 0 Å². The lowest BCUT2D eigenvalue weighted by Gasteiger charge is -2.21. The third-order valence-corrected chi connectivity index (χ3v) is 17.8. The second-order valence-corrected chi connectivity index (χ2v) is 28.4. The van der Waals surface area contributed by atoms with E-state index in [9.17, 15) is 43.2 Å². The van der Waals surface area contributed by atoms with E-state index < -0.39 is 97.5 Å². The van der Waals surface area contributed by atoms with Gasteiger partial charge in [-0.05, 0) is 135 Å². The Kier molecular flexibility index (Phi) is 69.5. The highest BCUT2D eigenvalue weighted by atomic mass is 31.2. The third kappa shape index (κ3) is 71.8. The largest absolute Gasteiger partial charge is 0.472 e. The maximum atomic E-state index is 13.1. The number of hydrogen-bond acceptors (Lipinski definition) is 15. The highest BCUT2D eigenvalue weighted by Gasteiger charge is 2.30. The fourth-order valence-corrected chi connectivity index (χ4v) is 11.6. The maximum absolute atomic E-state index is 13.1. The minimum absolute atomic E-state index is 0.0692. The average molecular weight is 1450 g/mol. The Morgan fingerprint density at radius 1 is 0.290 bits per heavy atom. The zero-order valence-corrected chi connectivity index (χ0v) is 64.4. The quantitative estimate of drug-likeness (QED) is 0.0169. The van der Waals surface area contributed by atoms with Gasteiger partial charge in [-0.25, -0.2) is 9.13 Å². The number of phosphoric ester groups is 2. The van der Waals surface area contributed by atoms with Crippen molar-refractivity contribution in [2.75, 3.05) is 39.6 Å². The molecule has 0 spiro atoms. The number of hydrogen-bond donors (Lipinski definition) is 3. The molecular weight excluding hydrogens is 1310 g/mol.